The second-order valence-corrected chi connectivity index (χ2v) is 7.70. The van der Waals surface area contributed by atoms with Gasteiger partial charge in [0.25, 0.3) is 11.8 Å². The molecule has 0 bridgehead atoms. The smallest absolute Gasteiger partial charge is 0.257 e. The molecule has 1 aromatic heterocycles. The molecule has 1 aromatic carbocycles. The number of pyridine rings is 1. The molecule has 0 radical (unpaired) electrons. The summed E-state index contributed by atoms with van der Waals surface area (Å²) >= 11 is 6.08. The lowest BCUT2D eigenvalue weighted by Gasteiger charge is -2.42. The molecule has 1 saturated heterocycles. The van der Waals surface area contributed by atoms with Crippen molar-refractivity contribution in [3.63, 3.8) is 0 Å². The maximum absolute atomic E-state index is 13.5. The zero-order chi connectivity index (χ0) is 21.0. The maximum atomic E-state index is 13.5. The molecule has 0 saturated carbocycles. The molecule has 152 valence electrons. The Labute approximate surface area is 176 Å². The summed E-state index contributed by atoms with van der Waals surface area (Å²) in [4.78, 5) is 33.5. The van der Waals surface area contributed by atoms with Crippen molar-refractivity contribution in [1.82, 2.24) is 19.8 Å². The van der Waals surface area contributed by atoms with Crippen LogP contribution < -0.4 is 0 Å². The summed E-state index contributed by atoms with van der Waals surface area (Å²) in [7, 11) is 0. The Morgan fingerprint density at radius 1 is 1.17 bits per heavy atom. The summed E-state index contributed by atoms with van der Waals surface area (Å²) in [5.74, 6) is -1.28. The number of hydrogen-bond donors (Lipinski definition) is 1. The van der Waals surface area contributed by atoms with Crippen LogP contribution in [0.1, 0.15) is 15.9 Å². The lowest BCUT2D eigenvalue weighted by Crippen LogP contribution is -2.53. The van der Waals surface area contributed by atoms with Crippen LogP contribution in [0.2, 0.25) is 5.02 Å². The minimum atomic E-state index is -1.21. The van der Waals surface area contributed by atoms with Gasteiger partial charge in [-0.3, -0.25) is 19.9 Å². The molecule has 5 rings (SSSR count). The summed E-state index contributed by atoms with van der Waals surface area (Å²) in [5, 5.41) is 11.6. The van der Waals surface area contributed by atoms with Crippen molar-refractivity contribution >= 4 is 23.4 Å². The molecule has 1 unspecified atom stereocenters. The average molecular weight is 427 g/mol. The molecule has 1 N–H and O–H groups in total. The van der Waals surface area contributed by atoms with Crippen molar-refractivity contribution in [2.75, 3.05) is 19.6 Å². The zero-order valence-electron chi connectivity index (χ0n) is 15.6. The number of benzene rings is 1. The van der Waals surface area contributed by atoms with Crippen LogP contribution >= 0.6 is 11.6 Å². The first kappa shape index (κ1) is 18.8. The van der Waals surface area contributed by atoms with Crippen LogP contribution in [0, 0.1) is 5.95 Å². The van der Waals surface area contributed by atoms with Gasteiger partial charge in [0.1, 0.15) is 0 Å². The fraction of sp³-hybridized carbons (Fsp3) is 0.190. The van der Waals surface area contributed by atoms with Crippen molar-refractivity contribution < 1.29 is 19.2 Å². The monoisotopic (exact) mass is 426 g/mol. The number of hydroxylamine groups is 2. The summed E-state index contributed by atoms with van der Waals surface area (Å²) in [6, 6.07) is 9.43. The number of aromatic nitrogens is 1. The van der Waals surface area contributed by atoms with Crippen LogP contribution in [-0.4, -0.2) is 56.5 Å². The van der Waals surface area contributed by atoms with Gasteiger partial charge in [-0.25, -0.2) is 4.98 Å². The molecule has 2 aromatic rings. The first-order valence-corrected chi connectivity index (χ1v) is 9.69. The Balaban J connectivity index is 1.72. The minimum Gasteiger partial charge on any atom is -0.306 e. The van der Waals surface area contributed by atoms with Gasteiger partial charge in [-0.1, -0.05) is 23.7 Å². The Kier molecular flexibility index (Phi) is 4.16. The molecule has 1 fully saturated rings. The number of carbonyl (C=O) groups excluding carboxylic acids is 2. The summed E-state index contributed by atoms with van der Waals surface area (Å²) in [6.45, 7) is 0.646. The zero-order valence-corrected chi connectivity index (χ0v) is 16.4. The van der Waals surface area contributed by atoms with E-state index < -0.39 is 11.6 Å². The number of halogens is 2. The van der Waals surface area contributed by atoms with Crippen LogP contribution in [0.5, 0.6) is 0 Å². The number of fused-ring (bicyclic) bond motifs is 2. The van der Waals surface area contributed by atoms with Crippen molar-refractivity contribution in [3.8, 4) is 0 Å². The highest BCUT2D eigenvalue weighted by Crippen LogP contribution is 2.51. The fourth-order valence-electron chi connectivity index (χ4n) is 4.52. The number of rotatable bonds is 2. The number of nitrogens with zero attached hydrogens (tertiary/aromatic N) is 4. The van der Waals surface area contributed by atoms with Gasteiger partial charge in [0.05, 0.1) is 12.1 Å². The molecule has 1 atom stereocenters. The van der Waals surface area contributed by atoms with Crippen LogP contribution in [0.3, 0.4) is 0 Å². The molecule has 7 nitrogen and oxygen atoms in total. The highest BCUT2D eigenvalue weighted by molar-refractivity contribution is 6.30. The van der Waals surface area contributed by atoms with Crippen molar-refractivity contribution in [2.45, 2.75) is 5.66 Å². The second kappa shape index (κ2) is 6.65. The summed E-state index contributed by atoms with van der Waals surface area (Å²) in [6.07, 6.45) is 4.16. The highest BCUT2D eigenvalue weighted by atomic mass is 35.5. The number of hydrogen-bond acceptors (Lipinski definition) is 5. The van der Waals surface area contributed by atoms with E-state index >= 15 is 0 Å². The van der Waals surface area contributed by atoms with Gasteiger partial charge >= 0.3 is 0 Å². The predicted molar refractivity (Wildman–Crippen MR) is 105 cm³/mol. The standard InChI is InChI=1S/C21H16ClFN4O3/c22-15-4-2-14(3-5-15)21-17-12-25(30)8-7-16(17)20(29)27(21)10-9-26(21)19(28)13-1-6-18(23)24-11-13/h1-8,11,30H,9-10,12H2. The Morgan fingerprint density at radius 2 is 1.93 bits per heavy atom. The first-order chi connectivity index (χ1) is 14.4. The Bertz CT molecular complexity index is 1120. The molecule has 0 aliphatic carbocycles. The van der Waals surface area contributed by atoms with Gasteiger partial charge in [0.2, 0.25) is 5.95 Å². The molecular formula is C21H16ClFN4O3. The van der Waals surface area contributed by atoms with E-state index in [-0.39, 0.29) is 30.5 Å². The van der Waals surface area contributed by atoms with E-state index in [1.165, 1.54) is 18.5 Å². The van der Waals surface area contributed by atoms with E-state index in [0.717, 1.165) is 11.1 Å². The van der Waals surface area contributed by atoms with Gasteiger partial charge < -0.3 is 9.80 Å². The molecule has 3 aliphatic heterocycles. The predicted octanol–water partition coefficient (Wildman–Crippen LogP) is 2.54. The molecule has 9 heteroatoms. The maximum Gasteiger partial charge on any atom is 0.257 e. The molecule has 4 heterocycles. The van der Waals surface area contributed by atoms with Crippen molar-refractivity contribution in [1.29, 1.82) is 0 Å². The fourth-order valence-corrected chi connectivity index (χ4v) is 4.65. The summed E-state index contributed by atoms with van der Waals surface area (Å²) in [5.41, 5.74) is 0.717. The quantitative estimate of drug-likeness (QED) is 0.747. The third-order valence-corrected chi connectivity index (χ3v) is 6.00. The van der Waals surface area contributed by atoms with Crippen LogP contribution in [0.15, 0.2) is 66.0 Å². The normalized spacial score (nSPS) is 22.6. The van der Waals surface area contributed by atoms with Gasteiger partial charge in [0.15, 0.2) is 5.66 Å². The topological polar surface area (TPSA) is 77.0 Å². The molecular weight excluding hydrogens is 411 g/mol. The van der Waals surface area contributed by atoms with E-state index in [9.17, 15) is 19.2 Å². The van der Waals surface area contributed by atoms with E-state index in [2.05, 4.69) is 4.98 Å². The van der Waals surface area contributed by atoms with Crippen molar-refractivity contribution in [2.24, 2.45) is 0 Å². The largest absolute Gasteiger partial charge is 0.306 e. The van der Waals surface area contributed by atoms with Gasteiger partial charge in [-0.15, -0.1) is 0 Å². The molecule has 0 spiro atoms. The highest BCUT2D eigenvalue weighted by Gasteiger charge is 2.61. The third kappa shape index (κ3) is 2.50. The van der Waals surface area contributed by atoms with E-state index in [4.69, 9.17) is 11.6 Å². The number of amides is 2. The molecule has 30 heavy (non-hydrogen) atoms. The first-order valence-electron chi connectivity index (χ1n) is 9.32. The third-order valence-electron chi connectivity index (χ3n) is 5.75. The van der Waals surface area contributed by atoms with Gasteiger partial charge in [-0.05, 0) is 30.3 Å². The molecule has 2 amide bonds. The second-order valence-electron chi connectivity index (χ2n) is 7.27. The van der Waals surface area contributed by atoms with E-state index in [1.54, 1.807) is 40.1 Å². The van der Waals surface area contributed by atoms with Crippen LogP contribution in [-0.2, 0) is 10.5 Å². The van der Waals surface area contributed by atoms with Gasteiger partial charge in [0, 0.05) is 47.2 Å². The van der Waals surface area contributed by atoms with E-state index in [1.807, 2.05) is 0 Å². The SMILES string of the molecule is O=C1C2=C(CN(O)C=C2)C2(c3ccc(Cl)cc3)N1CCN2C(=O)c1ccc(F)nc1. The van der Waals surface area contributed by atoms with Gasteiger partial charge in [-0.2, -0.15) is 4.39 Å². The Morgan fingerprint density at radius 3 is 2.63 bits per heavy atom. The van der Waals surface area contributed by atoms with E-state index in [0.29, 0.717) is 28.3 Å². The Hall–Kier alpha value is -3.23. The summed E-state index contributed by atoms with van der Waals surface area (Å²) < 4.78 is 13.3. The lowest BCUT2D eigenvalue weighted by molar-refractivity contribution is -0.129. The minimum absolute atomic E-state index is 0.0577. The van der Waals surface area contributed by atoms with Crippen LogP contribution in [0.25, 0.3) is 0 Å². The lowest BCUT2D eigenvalue weighted by atomic mass is 9.88. The van der Waals surface area contributed by atoms with Crippen molar-refractivity contribution in [3.05, 3.63) is 88.1 Å². The average Bonchev–Trinajstić information content (AvgIpc) is 3.24. The van der Waals surface area contributed by atoms with Crippen LogP contribution in [0.4, 0.5) is 4.39 Å². The molecule has 3 aliphatic rings. The number of carbonyl (C=O) groups is 2.